The molecule has 0 bridgehead atoms. The minimum absolute atomic E-state index is 0.394. The van der Waals surface area contributed by atoms with Crippen molar-refractivity contribution in [3.05, 3.63) is 48.0 Å². The van der Waals surface area contributed by atoms with Crippen molar-refractivity contribution in [2.75, 3.05) is 43.3 Å². The highest BCUT2D eigenvalue weighted by Gasteiger charge is 2.14. The molecule has 0 aliphatic carbocycles. The average molecular weight is 402 g/mol. The molecule has 2 aromatic rings. The fourth-order valence-electron chi connectivity index (χ4n) is 2.75. The molecule has 2 N–H and O–H groups in total. The van der Waals surface area contributed by atoms with Gasteiger partial charge < -0.3 is 25.0 Å². The van der Waals surface area contributed by atoms with E-state index in [9.17, 15) is 4.79 Å². The second-order valence-corrected chi connectivity index (χ2v) is 6.69. The van der Waals surface area contributed by atoms with E-state index in [2.05, 4.69) is 22.5 Å². The van der Waals surface area contributed by atoms with Gasteiger partial charge in [0.1, 0.15) is 5.75 Å². The number of benzene rings is 2. The number of carbonyl (C=O) groups excluding carboxylic acids is 1. The maximum absolute atomic E-state index is 12.0. The molecule has 0 unspecified atom stereocenters. The smallest absolute Gasteiger partial charge is 0.337 e. The van der Waals surface area contributed by atoms with Crippen LogP contribution in [0.15, 0.2) is 42.5 Å². The number of rotatable bonds is 8. The Balaban J connectivity index is 2.27. The van der Waals surface area contributed by atoms with Gasteiger partial charge in [-0.3, -0.25) is 0 Å². The van der Waals surface area contributed by atoms with Crippen molar-refractivity contribution in [3.8, 4) is 5.75 Å². The molecular weight excluding hydrogens is 374 g/mol. The van der Waals surface area contributed by atoms with Crippen molar-refractivity contribution in [1.82, 2.24) is 0 Å². The number of anilines is 3. The van der Waals surface area contributed by atoms with Crippen LogP contribution < -0.4 is 20.3 Å². The number of unbranched alkanes of at least 4 members (excludes halogenated alkanes) is 1. The molecule has 0 radical (unpaired) electrons. The summed E-state index contributed by atoms with van der Waals surface area (Å²) in [6, 6.07) is 12.9. The molecule has 7 heteroatoms. The molecule has 2 rings (SSSR count). The molecule has 0 aromatic heterocycles. The first kappa shape index (κ1) is 21.5. The summed E-state index contributed by atoms with van der Waals surface area (Å²) in [5, 5.41) is 6.74. The molecular formula is C21H27N3O3S. The number of esters is 1. The first-order chi connectivity index (χ1) is 13.5. The van der Waals surface area contributed by atoms with Crippen LogP contribution in [0.3, 0.4) is 0 Å². The highest BCUT2D eigenvalue weighted by atomic mass is 32.1. The number of methoxy groups -OCH3 is 2. The van der Waals surface area contributed by atoms with E-state index in [1.54, 1.807) is 19.2 Å². The lowest BCUT2D eigenvalue weighted by atomic mass is 10.1. The predicted molar refractivity (Wildman–Crippen MR) is 119 cm³/mol. The van der Waals surface area contributed by atoms with E-state index in [1.165, 1.54) is 7.11 Å². The molecule has 0 saturated heterocycles. The monoisotopic (exact) mass is 401 g/mol. The van der Waals surface area contributed by atoms with Gasteiger partial charge in [0.05, 0.1) is 36.8 Å². The van der Waals surface area contributed by atoms with Gasteiger partial charge in [-0.2, -0.15) is 0 Å². The van der Waals surface area contributed by atoms with E-state index in [1.807, 2.05) is 37.4 Å². The van der Waals surface area contributed by atoms with E-state index in [4.69, 9.17) is 21.7 Å². The summed E-state index contributed by atoms with van der Waals surface area (Å²) < 4.78 is 10.2. The van der Waals surface area contributed by atoms with Crippen molar-refractivity contribution in [2.24, 2.45) is 0 Å². The Morgan fingerprint density at radius 3 is 2.50 bits per heavy atom. The number of nitrogens with zero attached hydrogens (tertiary/aromatic N) is 1. The standard InChI is InChI=1S/C21H27N3O3S/c1-5-6-13-24(2)18-12-11-15(20(25)27-4)14-17(18)23-21(28)22-16-9-7-8-10-19(16)26-3/h7-12,14H,5-6,13H2,1-4H3,(H2,22,23,28). The van der Waals surface area contributed by atoms with Gasteiger partial charge in [0.25, 0.3) is 0 Å². The number of para-hydroxylation sites is 2. The van der Waals surface area contributed by atoms with Gasteiger partial charge in [-0.1, -0.05) is 25.5 Å². The molecule has 0 heterocycles. The van der Waals surface area contributed by atoms with Crippen LogP contribution >= 0.6 is 12.2 Å². The normalized spacial score (nSPS) is 10.1. The number of ether oxygens (including phenoxy) is 2. The summed E-state index contributed by atoms with van der Waals surface area (Å²) in [7, 11) is 4.99. The number of nitrogens with one attached hydrogen (secondary N) is 2. The summed E-state index contributed by atoms with van der Waals surface area (Å²) in [5.41, 5.74) is 2.89. The largest absolute Gasteiger partial charge is 0.495 e. The summed E-state index contributed by atoms with van der Waals surface area (Å²) in [4.78, 5) is 14.1. The highest BCUT2D eigenvalue weighted by molar-refractivity contribution is 7.80. The van der Waals surface area contributed by atoms with Gasteiger partial charge in [0, 0.05) is 13.6 Å². The molecule has 0 fully saturated rings. The Morgan fingerprint density at radius 2 is 1.82 bits per heavy atom. The molecule has 0 saturated carbocycles. The second-order valence-electron chi connectivity index (χ2n) is 6.28. The first-order valence-corrected chi connectivity index (χ1v) is 9.55. The molecule has 0 amide bonds. The summed E-state index contributed by atoms with van der Waals surface area (Å²) in [6.07, 6.45) is 2.17. The van der Waals surface area contributed by atoms with Crippen LogP contribution in [0.2, 0.25) is 0 Å². The molecule has 0 aliphatic heterocycles. The lowest BCUT2D eigenvalue weighted by Gasteiger charge is -2.24. The van der Waals surface area contributed by atoms with Gasteiger partial charge in [0.2, 0.25) is 0 Å². The zero-order valence-corrected chi connectivity index (χ0v) is 17.6. The third kappa shape index (κ3) is 5.60. The summed E-state index contributed by atoms with van der Waals surface area (Å²) in [6.45, 7) is 3.05. The summed E-state index contributed by atoms with van der Waals surface area (Å²) in [5.74, 6) is 0.296. The maximum atomic E-state index is 12.0. The Kier molecular flexibility index (Phi) is 8.07. The minimum Gasteiger partial charge on any atom is -0.495 e. The Labute approximate surface area is 171 Å². The van der Waals surface area contributed by atoms with Gasteiger partial charge in [-0.15, -0.1) is 0 Å². The molecule has 150 valence electrons. The van der Waals surface area contributed by atoms with Crippen molar-refractivity contribution in [2.45, 2.75) is 19.8 Å². The SMILES string of the molecule is CCCCN(C)c1ccc(C(=O)OC)cc1NC(=S)Nc1ccccc1OC. The van der Waals surface area contributed by atoms with Gasteiger partial charge in [-0.25, -0.2) is 4.79 Å². The third-order valence-corrected chi connectivity index (χ3v) is 4.48. The average Bonchev–Trinajstić information content (AvgIpc) is 2.71. The van der Waals surface area contributed by atoms with Crippen molar-refractivity contribution < 1.29 is 14.3 Å². The van der Waals surface area contributed by atoms with Crippen LogP contribution in [0.25, 0.3) is 0 Å². The van der Waals surface area contributed by atoms with Crippen LogP contribution in [0.1, 0.15) is 30.1 Å². The molecule has 0 spiro atoms. The lowest BCUT2D eigenvalue weighted by molar-refractivity contribution is 0.0601. The van der Waals surface area contributed by atoms with Crippen LogP contribution in [-0.4, -0.2) is 38.9 Å². The quantitative estimate of drug-likeness (QED) is 0.498. The van der Waals surface area contributed by atoms with Gasteiger partial charge in [-0.05, 0) is 49.0 Å². The zero-order chi connectivity index (χ0) is 20.5. The van der Waals surface area contributed by atoms with E-state index in [0.717, 1.165) is 36.4 Å². The molecule has 2 aromatic carbocycles. The third-order valence-electron chi connectivity index (χ3n) is 4.28. The first-order valence-electron chi connectivity index (χ1n) is 9.14. The number of thiocarbonyl (C=S) groups is 1. The van der Waals surface area contributed by atoms with Crippen LogP contribution in [-0.2, 0) is 4.74 Å². The van der Waals surface area contributed by atoms with E-state index in [0.29, 0.717) is 16.4 Å². The van der Waals surface area contributed by atoms with Crippen molar-refractivity contribution in [3.63, 3.8) is 0 Å². The Bertz CT molecular complexity index is 826. The molecule has 28 heavy (non-hydrogen) atoms. The minimum atomic E-state index is -0.394. The van der Waals surface area contributed by atoms with Crippen LogP contribution in [0.5, 0.6) is 5.75 Å². The van der Waals surface area contributed by atoms with Crippen LogP contribution in [0, 0.1) is 0 Å². The maximum Gasteiger partial charge on any atom is 0.337 e. The number of carbonyl (C=O) groups is 1. The van der Waals surface area contributed by atoms with E-state index >= 15 is 0 Å². The topological polar surface area (TPSA) is 62.8 Å². The molecule has 0 atom stereocenters. The molecule has 0 aliphatic rings. The van der Waals surface area contributed by atoms with E-state index in [-0.39, 0.29) is 0 Å². The van der Waals surface area contributed by atoms with E-state index < -0.39 is 5.97 Å². The lowest BCUT2D eigenvalue weighted by Crippen LogP contribution is -2.24. The van der Waals surface area contributed by atoms with Crippen molar-refractivity contribution >= 4 is 40.4 Å². The number of hydrogen-bond acceptors (Lipinski definition) is 5. The summed E-state index contributed by atoms with van der Waals surface area (Å²) >= 11 is 5.48. The fraction of sp³-hybridized carbons (Fsp3) is 0.333. The zero-order valence-electron chi connectivity index (χ0n) is 16.7. The second kappa shape index (κ2) is 10.5. The molecule has 6 nitrogen and oxygen atoms in total. The Hall–Kier alpha value is -2.80. The highest BCUT2D eigenvalue weighted by Crippen LogP contribution is 2.28. The van der Waals surface area contributed by atoms with Crippen LogP contribution in [0.4, 0.5) is 17.1 Å². The Morgan fingerprint density at radius 1 is 1.11 bits per heavy atom. The number of hydrogen-bond donors (Lipinski definition) is 2. The fourth-order valence-corrected chi connectivity index (χ4v) is 2.97. The van der Waals surface area contributed by atoms with Crippen molar-refractivity contribution in [1.29, 1.82) is 0 Å². The van der Waals surface area contributed by atoms with Gasteiger partial charge in [0.15, 0.2) is 5.11 Å². The predicted octanol–water partition coefficient (Wildman–Crippen LogP) is 4.53. The van der Waals surface area contributed by atoms with Gasteiger partial charge >= 0.3 is 5.97 Å².